The normalized spacial score (nSPS) is 26.9. The Balaban J connectivity index is 1.82. The fourth-order valence-corrected chi connectivity index (χ4v) is 4.78. The zero-order chi connectivity index (χ0) is 15.1. The minimum absolute atomic E-state index is 0.0441. The van der Waals surface area contributed by atoms with Crippen LogP contribution in [-0.4, -0.2) is 17.0 Å². The SMILES string of the molecule is O=C(O)c1cc(Br)cc(Br)c1NC(=O)C1C2CCCCC21. The molecule has 0 aromatic heterocycles. The summed E-state index contributed by atoms with van der Waals surface area (Å²) >= 11 is 6.60. The van der Waals surface area contributed by atoms with Gasteiger partial charge < -0.3 is 10.4 Å². The first-order valence-corrected chi connectivity index (χ1v) is 8.61. The van der Waals surface area contributed by atoms with Crippen LogP contribution in [0.2, 0.25) is 0 Å². The van der Waals surface area contributed by atoms with Crippen LogP contribution in [0.3, 0.4) is 0 Å². The van der Waals surface area contributed by atoms with Crippen LogP contribution in [0.4, 0.5) is 5.69 Å². The van der Waals surface area contributed by atoms with Crippen LogP contribution in [0.25, 0.3) is 0 Å². The van der Waals surface area contributed by atoms with Gasteiger partial charge in [-0.2, -0.15) is 0 Å². The summed E-state index contributed by atoms with van der Waals surface area (Å²) in [6.07, 6.45) is 4.65. The van der Waals surface area contributed by atoms with Crippen molar-refractivity contribution in [3.05, 3.63) is 26.6 Å². The molecule has 0 bridgehead atoms. The first-order valence-electron chi connectivity index (χ1n) is 7.02. The predicted octanol–water partition coefficient (Wildman–Crippen LogP) is 4.28. The van der Waals surface area contributed by atoms with Crippen molar-refractivity contribution >= 4 is 49.4 Å². The maximum absolute atomic E-state index is 12.4. The van der Waals surface area contributed by atoms with Crippen molar-refractivity contribution in [2.75, 3.05) is 5.32 Å². The molecule has 0 radical (unpaired) electrons. The molecule has 112 valence electrons. The number of fused-ring (bicyclic) bond motifs is 1. The Kier molecular flexibility index (Phi) is 4.10. The van der Waals surface area contributed by atoms with Crippen LogP contribution in [0.1, 0.15) is 36.0 Å². The van der Waals surface area contributed by atoms with Crippen molar-refractivity contribution in [3.63, 3.8) is 0 Å². The molecule has 0 saturated heterocycles. The molecule has 0 aliphatic heterocycles. The lowest BCUT2D eigenvalue weighted by Crippen LogP contribution is -2.18. The van der Waals surface area contributed by atoms with E-state index in [-0.39, 0.29) is 17.4 Å². The average molecular weight is 417 g/mol. The lowest BCUT2D eigenvalue weighted by molar-refractivity contribution is -0.117. The van der Waals surface area contributed by atoms with E-state index in [1.807, 2.05) is 0 Å². The van der Waals surface area contributed by atoms with Crippen molar-refractivity contribution in [3.8, 4) is 0 Å². The first kappa shape index (κ1) is 15.0. The quantitative estimate of drug-likeness (QED) is 0.772. The van der Waals surface area contributed by atoms with Gasteiger partial charge in [-0.05, 0) is 52.7 Å². The molecule has 1 aromatic rings. The number of carbonyl (C=O) groups excluding carboxylic acids is 1. The van der Waals surface area contributed by atoms with Crippen LogP contribution in [0.15, 0.2) is 21.1 Å². The van der Waals surface area contributed by atoms with E-state index in [4.69, 9.17) is 0 Å². The Bertz CT molecular complexity index is 605. The molecule has 4 nitrogen and oxygen atoms in total. The molecule has 0 spiro atoms. The van der Waals surface area contributed by atoms with Gasteiger partial charge in [-0.1, -0.05) is 28.8 Å². The fraction of sp³-hybridized carbons (Fsp3) is 0.467. The van der Waals surface area contributed by atoms with Gasteiger partial charge in [0.05, 0.1) is 11.3 Å². The third-order valence-electron chi connectivity index (χ3n) is 4.49. The summed E-state index contributed by atoms with van der Waals surface area (Å²) in [5, 5.41) is 12.1. The fourth-order valence-electron chi connectivity index (χ4n) is 3.46. The number of rotatable bonds is 3. The van der Waals surface area contributed by atoms with Crippen LogP contribution in [0.5, 0.6) is 0 Å². The molecule has 2 atom stereocenters. The van der Waals surface area contributed by atoms with Crippen molar-refractivity contribution in [2.24, 2.45) is 17.8 Å². The summed E-state index contributed by atoms with van der Waals surface area (Å²) in [5.41, 5.74) is 0.438. The van der Waals surface area contributed by atoms with Gasteiger partial charge in [0.1, 0.15) is 0 Å². The number of carboxylic acid groups (broad SMARTS) is 1. The Morgan fingerprint density at radius 2 is 1.76 bits per heavy atom. The number of halogens is 2. The number of benzene rings is 1. The molecule has 21 heavy (non-hydrogen) atoms. The highest BCUT2D eigenvalue weighted by molar-refractivity contribution is 9.11. The molecule has 2 N–H and O–H groups in total. The molecule has 6 heteroatoms. The largest absolute Gasteiger partial charge is 0.478 e. The Labute approximate surface area is 139 Å². The third kappa shape index (κ3) is 2.88. The molecule has 2 aliphatic carbocycles. The molecule has 0 heterocycles. The van der Waals surface area contributed by atoms with E-state index < -0.39 is 5.97 Å². The van der Waals surface area contributed by atoms with Gasteiger partial charge in [-0.25, -0.2) is 4.79 Å². The van der Waals surface area contributed by atoms with E-state index in [9.17, 15) is 14.7 Å². The highest BCUT2D eigenvalue weighted by Crippen LogP contribution is 2.55. The van der Waals surface area contributed by atoms with Crippen LogP contribution in [0, 0.1) is 17.8 Å². The summed E-state index contributed by atoms with van der Waals surface area (Å²) in [6, 6.07) is 3.24. The average Bonchev–Trinajstić information content (AvgIpc) is 3.15. The van der Waals surface area contributed by atoms with Crippen molar-refractivity contribution < 1.29 is 14.7 Å². The van der Waals surface area contributed by atoms with Gasteiger partial charge in [0.2, 0.25) is 5.91 Å². The number of aromatic carboxylic acids is 1. The highest BCUT2D eigenvalue weighted by Gasteiger charge is 2.54. The summed E-state index contributed by atoms with van der Waals surface area (Å²) < 4.78 is 1.23. The third-order valence-corrected chi connectivity index (χ3v) is 5.58. The number of carboxylic acids is 1. The molecular weight excluding hydrogens is 402 g/mol. The maximum Gasteiger partial charge on any atom is 0.337 e. The molecule has 2 aliphatic rings. The van der Waals surface area contributed by atoms with Crippen LogP contribution < -0.4 is 5.32 Å². The van der Waals surface area contributed by atoms with E-state index in [2.05, 4.69) is 37.2 Å². The summed E-state index contributed by atoms with van der Waals surface area (Å²) in [6.45, 7) is 0. The van der Waals surface area contributed by atoms with Crippen molar-refractivity contribution in [1.82, 2.24) is 0 Å². The molecule has 2 fully saturated rings. The van der Waals surface area contributed by atoms with Gasteiger partial charge in [-0.15, -0.1) is 0 Å². The van der Waals surface area contributed by atoms with Gasteiger partial charge >= 0.3 is 5.97 Å². The standard InChI is InChI=1S/C15H15Br2NO3/c16-7-5-10(15(20)21)13(11(17)6-7)18-14(19)12-8-3-1-2-4-9(8)12/h5-6,8-9,12H,1-4H2,(H,18,19)(H,20,21). The molecule has 2 saturated carbocycles. The monoisotopic (exact) mass is 415 g/mol. The molecule has 1 amide bonds. The van der Waals surface area contributed by atoms with E-state index >= 15 is 0 Å². The Morgan fingerprint density at radius 1 is 1.14 bits per heavy atom. The van der Waals surface area contributed by atoms with Crippen molar-refractivity contribution in [2.45, 2.75) is 25.7 Å². The first-order chi connectivity index (χ1) is 9.99. The van der Waals surface area contributed by atoms with Gasteiger partial charge in [-0.3, -0.25) is 4.79 Å². The van der Waals surface area contributed by atoms with Crippen LogP contribution >= 0.6 is 31.9 Å². The second kappa shape index (κ2) is 5.72. The lowest BCUT2D eigenvalue weighted by atomic mass is 10.0. The second-order valence-corrected chi connectivity index (χ2v) is 7.51. The Morgan fingerprint density at radius 3 is 2.33 bits per heavy atom. The highest BCUT2D eigenvalue weighted by atomic mass is 79.9. The number of carbonyl (C=O) groups is 2. The number of hydrogen-bond acceptors (Lipinski definition) is 2. The summed E-state index contributed by atoms with van der Waals surface area (Å²) in [5.74, 6) is -0.0369. The minimum Gasteiger partial charge on any atom is -0.478 e. The van der Waals surface area contributed by atoms with Crippen molar-refractivity contribution in [1.29, 1.82) is 0 Å². The smallest absolute Gasteiger partial charge is 0.337 e. The van der Waals surface area contributed by atoms with E-state index in [1.165, 1.54) is 18.9 Å². The van der Waals surface area contributed by atoms with E-state index in [0.717, 1.165) is 12.8 Å². The number of amides is 1. The zero-order valence-corrected chi connectivity index (χ0v) is 14.4. The van der Waals surface area contributed by atoms with Gasteiger partial charge in [0.15, 0.2) is 0 Å². The predicted molar refractivity (Wildman–Crippen MR) is 86.4 cm³/mol. The minimum atomic E-state index is -1.06. The molecular formula is C15H15Br2NO3. The molecule has 1 aromatic carbocycles. The number of nitrogens with one attached hydrogen (secondary N) is 1. The van der Waals surface area contributed by atoms with E-state index in [1.54, 1.807) is 6.07 Å². The molecule has 3 rings (SSSR count). The Hall–Kier alpha value is -0.880. The summed E-state index contributed by atoms with van der Waals surface area (Å²) in [7, 11) is 0. The zero-order valence-electron chi connectivity index (χ0n) is 11.2. The van der Waals surface area contributed by atoms with E-state index in [0.29, 0.717) is 26.5 Å². The van der Waals surface area contributed by atoms with Gasteiger partial charge in [0.25, 0.3) is 0 Å². The van der Waals surface area contributed by atoms with Gasteiger partial charge in [0, 0.05) is 14.9 Å². The maximum atomic E-state index is 12.4. The molecule has 2 unspecified atom stereocenters. The topological polar surface area (TPSA) is 66.4 Å². The van der Waals surface area contributed by atoms with Crippen LogP contribution in [-0.2, 0) is 4.79 Å². The number of hydrogen-bond donors (Lipinski definition) is 2. The summed E-state index contributed by atoms with van der Waals surface area (Å²) in [4.78, 5) is 23.8. The lowest BCUT2D eigenvalue weighted by Gasteiger charge is -2.11. The number of anilines is 1. The second-order valence-electron chi connectivity index (χ2n) is 5.74.